The number of rotatable bonds is 4. The zero-order valence-corrected chi connectivity index (χ0v) is 12.4. The first-order valence-corrected chi connectivity index (χ1v) is 7.34. The van der Waals surface area contributed by atoms with Crippen molar-refractivity contribution < 1.29 is 0 Å². The molecule has 4 heteroatoms. The van der Waals surface area contributed by atoms with Gasteiger partial charge in [0.2, 0.25) is 0 Å². The van der Waals surface area contributed by atoms with Crippen molar-refractivity contribution >= 4 is 5.82 Å². The third kappa shape index (κ3) is 4.46. The summed E-state index contributed by atoms with van der Waals surface area (Å²) in [4.78, 5) is 0. The average molecular weight is 262 g/mol. The van der Waals surface area contributed by atoms with E-state index in [1.54, 1.807) is 0 Å². The van der Waals surface area contributed by atoms with Gasteiger partial charge < -0.3 is 10.6 Å². The molecule has 2 rings (SSSR count). The molecular formula is C15H26N4. The summed E-state index contributed by atoms with van der Waals surface area (Å²) in [5, 5.41) is 15.4. The summed E-state index contributed by atoms with van der Waals surface area (Å²) in [5.74, 6) is 1.69. The Bertz CT molecular complexity index is 374. The first-order valence-electron chi connectivity index (χ1n) is 7.34. The molecule has 0 bridgehead atoms. The van der Waals surface area contributed by atoms with Crippen LogP contribution in [0.1, 0.15) is 45.7 Å². The molecule has 1 unspecified atom stereocenters. The summed E-state index contributed by atoms with van der Waals surface area (Å²) in [7, 11) is 0. The fraction of sp³-hybridized carbons (Fsp3) is 0.733. The molecule has 1 aromatic heterocycles. The fourth-order valence-electron chi connectivity index (χ4n) is 2.40. The summed E-state index contributed by atoms with van der Waals surface area (Å²) in [5.41, 5.74) is 1.11. The third-order valence-electron chi connectivity index (χ3n) is 3.69. The summed E-state index contributed by atoms with van der Waals surface area (Å²) in [6, 6.07) is 4.10. The Kier molecular flexibility index (Phi) is 4.75. The van der Waals surface area contributed by atoms with E-state index >= 15 is 0 Å². The molecule has 0 radical (unpaired) electrons. The molecule has 2 N–H and O–H groups in total. The predicted octanol–water partition coefficient (Wildman–Crippen LogP) is 2.58. The average Bonchev–Trinajstić information content (AvgIpc) is 2.39. The van der Waals surface area contributed by atoms with Crippen molar-refractivity contribution in [2.24, 2.45) is 5.92 Å². The summed E-state index contributed by atoms with van der Waals surface area (Å²) in [6.45, 7) is 9.79. The zero-order chi connectivity index (χ0) is 13.7. The predicted molar refractivity (Wildman–Crippen MR) is 79.4 cm³/mol. The first kappa shape index (κ1) is 14.3. The molecule has 1 aliphatic heterocycles. The Labute approximate surface area is 116 Å². The topological polar surface area (TPSA) is 49.8 Å². The molecule has 19 heavy (non-hydrogen) atoms. The highest BCUT2D eigenvalue weighted by Gasteiger charge is 2.16. The Balaban J connectivity index is 1.76. The molecule has 0 spiro atoms. The van der Waals surface area contributed by atoms with E-state index in [0.29, 0.717) is 0 Å². The lowest BCUT2D eigenvalue weighted by molar-refractivity contribution is 0.364. The van der Waals surface area contributed by atoms with E-state index in [1.165, 1.54) is 25.8 Å². The van der Waals surface area contributed by atoms with Crippen LogP contribution in [-0.4, -0.2) is 29.8 Å². The van der Waals surface area contributed by atoms with Crippen LogP contribution >= 0.6 is 0 Å². The fourth-order valence-corrected chi connectivity index (χ4v) is 2.40. The van der Waals surface area contributed by atoms with Crippen LogP contribution in [0.5, 0.6) is 0 Å². The maximum atomic E-state index is 4.29. The van der Waals surface area contributed by atoms with Crippen molar-refractivity contribution in [1.29, 1.82) is 0 Å². The number of nitrogens with zero attached hydrogens (tertiary/aromatic N) is 2. The number of nitrogens with one attached hydrogen (secondary N) is 2. The standard InChI is InChI=1S/C15H26N4/c1-15(2,3)13-6-7-14(19-18-13)17-10-8-12-5-4-9-16-11-12/h6-7,12,16H,4-5,8-11H2,1-3H3,(H,17,19). The van der Waals surface area contributed by atoms with Crippen LogP contribution in [0.25, 0.3) is 0 Å². The maximum absolute atomic E-state index is 4.29. The lowest BCUT2D eigenvalue weighted by Crippen LogP contribution is -2.30. The quantitative estimate of drug-likeness (QED) is 0.875. The van der Waals surface area contributed by atoms with Gasteiger partial charge in [-0.3, -0.25) is 0 Å². The normalized spacial score (nSPS) is 20.3. The number of aromatic nitrogens is 2. The van der Waals surface area contributed by atoms with Gasteiger partial charge in [0.15, 0.2) is 0 Å². The molecule has 0 aliphatic carbocycles. The third-order valence-corrected chi connectivity index (χ3v) is 3.69. The molecular weight excluding hydrogens is 236 g/mol. The van der Waals surface area contributed by atoms with Gasteiger partial charge in [-0.05, 0) is 50.4 Å². The van der Waals surface area contributed by atoms with Crippen molar-refractivity contribution in [3.05, 3.63) is 17.8 Å². The van der Waals surface area contributed by atoms with Gasteiger partial charge in [0.05, 0.1) is 5.69 Å². The molecule has 0 aromatic carbocycles. The highest BCUT2D eigenvalue weighted by Crippen LogP contribution is 2.19. The van der Waals surface area contributed by atoms with E-state index in [2.05, 4.69) is 47.7 Å². The van der Waals surface area contributed by atoms with Crippen LogP contribution in [-0.2, 0) is 5.41 Å². The van der Waals surface area contributed by atoms with Crippen LogP contribution in [0.3, 0.4) is 0 Å². The van der Waals surface area contributed by atoms with Crippen molar-refractivity contribution in [3.8, 4) is 0 Å². The van der Waals surface area contributed by atoms with E-state index in [-0.39, 0.29) is 5.41 Å². The molecule has 2 heterocycles. The molecule has 0 amide bonds. The van der Waals surface area contributed by atoms with E-state index in [1.807, 2.05) is 6.07 Å². The molecule has 1 fully saturated rings. The van der Waals surface area contributed by atoms with Gasteiger partial charge in [0.25, 0.3) is 0 Å². The molecule has 0 saturated carbocycles. The largest absolute Gasteiger partial charge is 0.369 e. The molecule has 4 nitrogen and oxygen atoms in total. The monoisotopic (exact) mass is 262 g/mol. The Morgan fingerprint density at radius 2 is 2.16 bits per heavy atom. The Hall–Kier alpha value is -1.16. The number of piperidine rings is 1. The lowest BCUT2D eigenvalue weighted by Gasteiger charge is -2.22. The van der Waals surface area contributed by atoms with Crippen molar-refractivity contribution in [2.45, 2.75) is 45.4 Å². The van der Waals surface area contributed by atoms with Crippen LogP contribution in [0, 0.1) is 5.92 Å². The second kappa shape index (κ2) is 6.33. The summed E-state index contributed by atoms with van der Waals surface area (Å²) >= 11 is 0. The van der Waals surface area contributed by atoms with Gasteiger partial charge in [-0.1, -0.05) is 20.8 Å². The van der Waals surface area contributed by atoms with Gasteiger partial charge >= 0.3 is 0 Å². The van der Waals surface area contributed by atoms with Gasteiger partial charge in [0.1, 0.15) is 5.82 Å². The highest BCUT2D eigenvalue weighted by molar-refractivity contribution is 5.33. The molecule has 1 aromatic rings. The molecule has 1 saturated heterocycles. The minimum Gasteiger partial charge on any atom is -0.369 e. The summed E-state index contributed by atoms with van der Waals surface area (Å²) in [6.07, 6.45) is 3.86. The minimum absolute atomic E-state index is 0.0687. The van der Waals surface area contributed by atoms with Crippen LogP contribution in [0.2, 0.25) is 0 Å². The maximum Gasteiger partial charge on any atom is 0.148 e. The van der Waals surface area contributed by atoms with E-state index in [9.17, 15) is 0 Å². The van der Waals surface area contributed by atoms with Crippen LogP contribution in [0.15, 0.2) is 12.1 Å². The Morgan fingerprint density at radius 3 is 2.74 bits per heavy atom. The smallest absolute Gasteiger partial charge is 0.148 e. The molecule has 106 valence electrons. The highest BCUT2D eigenvalue weighted by atomic mass is 15.2. The van der Waals surface area contributed by atoms with Crippen LogP contribution < -0.4 is 10.6 Å². The number of hydrogen-bond acceptors (Lipinski definition) is 4. The molecule has 1 atom stereocenters. The van der Waals surface area contributed by atoms with Crippen molar-refractivity contribution in [2.75, 3.05) is 25.0 Å². The van der Waals surface area contributed by atoms with E-state index in [4.69, 9.17) is 0 Å². The van der Waals surface area contributed by atoms with Gasteiger partial charge in [0, 0.05) is 12.0 Å². The van der Waals surface area contributed by atoms with E-state index in [0.717, 1.165) is 30.5 Å². The van der Waals surface area contributed by atoms with Gasteiger partial charge in [-0.25, -0.2) is 0 Å². The Morgan fingerprint density at radius 1 is 1.32 bits per heavy atom. The number of anilines is 1. The molecule has 1 aliphatic rings. The SMILES string of the molecule is CC(C)(C)c1ccc(NCCC2CCCNC2)nn1. The van der Waals surface area contributed by atoms with E-state index < -0.39 is 0 Å². The van der Waals surface area contributed by atoms with Crippen molar-refractivity contribution in [1.82, 2.24) is 15.5 Å². The van der Waals surface area contributed by atoms with Gasteiger partial charge in [-0.2, -0.15) is 5.10 Å². The zero-order valence-electron chi connectivity index (χ0n) is 12.4. The van der Waals surface area contributed by atoms with Gasteiger partial charge in [-0.15, -0.1) is 5.10 Å². The van der Waals surface area contributed by atoms with Crippen LogP contribution in [0.4, 0.5) is 5.82 Å². The second-order valence-electron chi connectivity index (χ2n) is 6.48. The summed E-state index contributed by atoms with van der Waals surface area (Å²) < 4.78 is 0. The first-order chi connectivity index (χ1) is 9.05. The minimum atomic E-state index is 0.0687. The number of hydrogen-bond donors (Lipinski definition) is 2. The second-order valence-corrected chi connectivity index (χ2v) is 6.48. The van der Waals surface area contributed by atoms with Crippen molar-refractivity contribution in [3.63, 3.8) is 0 Å². The lowest BCUT2D eigenvalue weighted by atomic mass is 9.92.